The summed E-state index contributed by atoms with van der Waals surface area (Å²) in [5.74, 6) is 0. The summed E-state index contributed by atoms with van der Waals surface area (Å²) in [6.07, 6.45) is 6.92. The first-order valence-corrected chi connectivity index (χ1v) is 10.7. The number of likely N-dealkylation sites (tertiary alicyclic amines) is 1. The minimum Gasteiger partial charge on any atom is -0.380 e. The number of hydrogen-bond acceptors (Lipinski definition) is 3. The van der Waals surface area contributed by atoms with Crippen LogP contribution in [-0.4, -0.2) is 61.3 Å². The third-order valence-electron chi connectivity index (χ3n) is 4.36. The average molecular weight is 377 g/mol. The Kier molecular flexibility index (Phi) is 32.0. The lowest BCUT2D eigenvalue weighted by Gasteiger charge is -2.23. The molecule has 0 radical (unpaired) electrons. The van der Waals surface area contributed by atoms with Gasteiger partial charge in [-0.15, -0.1) is 0 Å². The van der Waals surface area contributed by atoms with E-state index >= 15 is 0 Å². The quantitative estimate of drug-likeness (QED) is 0.532. The maximum Gasteiger partial charge on any atom is 0.0593 e. The molecule has 0 spiro atoms. The first-order valence-electron chi connectivity index (χ1n) is 10.7. The largest absolute Gasteiger partial charge is 0.380 e. The number of hydrogen-bond donors (Lipinski definition) is 0. The van der Waals surface area contributed by atoms with E-state index in [0.29, 0.717) is 6.04 Å². The standard InChI is InChI=1S/C9H19N.C8H17NO.2C2H6.2CH4/c1-9(2)10-7-5-3-4-6-8-10;1-8(2)9-4-3-6-10-7-5-9;2*1-2;;/h9H,3-8H2,1-2H3;8H,3-7H2,1-2H3;2*1-2H3;2*1H4. The summed E-state index contributed by atoms with van der Waals surface area (Å²) in [6.45, 7) is 23.9. The molecule has 0 N–H and O–H groups in total. The van der Waals surface area contributed by atoms with Gasteiger partial charge in [-0.1, -0.05) is 55.4 Å². The minimum absolute atomic E-state index is 0. The van der Waals surface area contributed by atoms with Crippen LogP contribution in [0.5, 0.6) is 0 Å². The third-order valence-corrected chi connectivity index (χ3v) is 4.36. The van der Waals surface area contributed by atoms with Crippen molar-refractivity contribution in [3.63, 3.8) is 0 Å². The van der Waals surface area contributed by atoms with Gasteiger partial charge in [0, 0.05) is 31.8 Å². The van der Waals surface area contributed by atoms with Crippen molar-refractivity contribution in [2.75, 3.05) is 39.4 Å². The van der Waals surface area contributed by atoms with Crippen LogP contribution < -0.4 is 0 Å². The van der Waals surface area contributed by atoms with Gasteiger partial charge < -0.3 is 9.64 Å². The number of ether oxygens (including phenoxy) is 1. The van der Waals surface area contributed by atoms with Crippen LogP contribution in [0.15, 0.2) is 0 Å². The van der Waals surface area contributed by atoms with Crippen LogP contribution >= 0.6 is 0 Å². The van der Waals surface area contributed by atoms with Crippen molar-refractivity contribution in [1.82, 2.24) is 9.80 Å². The second kappa shape index (κ2) is 24.9. The molecule has 2 saturated heterocycles. The second-order valence-corrected chi connectivity index (χ2v) is 6.64. The molecule has 26 heavy (non-hydrogen) atoms. The first kappa shape index (κ1) is 33.5. The van der Waals surface area contributed by atoms with Crippen molar-refractivity contribution >= 4 is 0 Å². The lowest BCUT2D eigenvalue weighted by atomic mass is 10.2. The van der Waals surface area contributed by atoms with E-state index in [1.807, 2.05) is 27.7 Å². The summed E-state index contributed by atoms with van der Waals surface area (Å²) in [6, 6.07) is 1.44. The maximum atomic E-state index is 5.33. The van der Waals surface area contributed by atoms with E-state index in [-0.39, 0.29) is 14.9 Å². The van der Waals surface area contributed by atoms with Gasteiger partial charge in [0.15, 0.2) is 0 Å². The highest BCUT2D eigenvalue weighted by atomic mass is 16.5. The molecule has 2 fully saturated rings. The van der Waals surface area contributed by atoms with Crippen LogP contribution in [0.4, 0.5) is 0 Å². The molecule has 0 atom stereocenters. The average Bonchev–Trinajstić information content (AvgIpc) is 3.04. The smallest absolute Gasteiger partial charge is 0.0593 e. The molecule has 2 heterocycles. The predicted molar refractivity (Wildman–Crippen MR) is 123 cm³/mol. The fourth-order valence-electron chi connectivity index (χ4n) is 2.89. The Morgan fingerprint density at radius 2 is 0.923 bits per heavy atom. The Bertz CT molecular complexity index is 192. The molecule has 0 saturated carbocycles. The van der Waals surface area contributed by atoms with Crippen LogP contribution in [0.3, 0.4) is 0 Å². The summed E-state index contributed by atoms with van der Waals surface area (Å²) < 4.78 is 5.33. The monoisotopic (exact) mass is 376 g/mol. The second-order valence-electron chi connectivity index (χ2n) is 6.64. The van der Waals surface area contributed by atoms with Gasteiger partial charge in [0.25, 0.3) is 0 Å². The van der Waals surface area contributed by atoms with E-state index in [0.717, 1.165) is 25.8 Å². The van der Waals surface area contributed by atoms with Crippen molar-refractivity contribution in [3.05, 3.63) is 0 Å². The molecular weight excluding hydrogens is 320 g/mol. The molecule has 2 aliphatic heterocycles. The van der Waals surface area contributed by atoms with Crippen LogP contribution in [0.25, 0.3) is 0 Å². The Balaban J connectivity index is -0.000000147. The lowest BCUT2D eigenvalue weighted by Crippen LogP contribution is -2.32. The van der Waals surface area contributed by atoms with E-state index in [1.54, 1.807) is 0 Å². The van der Waals surface area contributed by atoms with Gasteiger partial charge in [0.1, 0.15) is 0 Å². The molecule has 3 nitrogen and oxygen atoms in total. The Morgan fingerprint density at radius 1 is 0.538 bits per heavy atom. The minimum atomic E-state index is 0. The maximum absolute atomic E-state index is 5.33. The molecule has 0 bridgehead atoms. The third kappa shape index (κ3) is 18.7. The van der Waals surface area contributed by atoms with Crippen LogP contribution in [0.2, 0.25) is 0 Å². The molecule has 0 aromatic carbocycles. The SMILES string of the molecule is C.C.CC.CC.CC(C)N1CCCCCC1.CC(C)N1CCCOCC1. The summed E-state index contributed by atoms with van der Waals surface area (Å²) in [5.41, 5.74) is 0. The van der Waals surface area contributed by atoms with Crippen molar-refractivity contribution in [2.24, 2.45) is 0 Å². The van der Waals surface area contributed by atoms with E-state index in [2.05, 4.69) is 37.5 Å². The predicted octanol–water partition coefficient (Wildman–Crippen LogP) is 6.71. The van der Waals surface area contributed by atoms with Gasteiger partial charge in [0.05, 0.1) is 6.61 Å². The van der Waals surface area contributed by atoms with Crippen molar-refractivity contribution in [2.45, 2.75) is 114 Å². The summed E-state index contributed by atoms with van der Waals surface area (Å²) in [4.78, 5) is 5.06. The molecule has 3 heteroatoms. The topological polar surface area (TPSA) is 15.7 Å². The molecule has 2 aliphatic rings. The molecule has 0 aromatic rings. The van der Waals surface area contributed by atoms with Crippen LogP contribution in [0, 0.1) is 0 Å². The van der Waals surface area contributed by atoms with Gasteiger partial charge >= 0.3 is 0 Å². The first-order chi connectivity index (χ1) is 11.6. The summed E-state index contributed by atoms with van der Waals surface area (Å²) in [5, 5.41) is 0. The molecule has 164 valence electrons. The zero-order valence-electron chi connectivity index (χ0n) is 18.2. The molecule has 0 aliphatic carbocycles. The van der Waals surface area contributed by atoms with Gasteiger partial charge in [-0.3, -0.25) is 4.90 Å². The molecule has 0 unspecified atom stereocenters. The molecule has 0 amide bonds. The molecule has 0 aromatic heterocycles. The summed E-state index contributed by atoms with van der Waals surface area (Å²) in [7, 11) is 0. The summed E-state index contributed by atoms with van der Waals surface area (Å²) >= 11 is 0. The van der Waals surface area contributed by atoms with Crippen LogP contribution in [0.1, 0.15) is 102 Å². The number of rotatable bonds is 2. The lowest BCUT2D eigenvalue weighted by molar-refractivity contribution is 0.136. The van der Waals surface area contributed by atoms with Gasteiger partial charge in [-0.25, -0.2) is 0 Å². The zero-order valence-corrected chi connectivity index (χ0v) is 18.2. The molecule has 2 rings (SSSR count). The van der Waals surface area contributed by atoms with Crippen LogP contribution in [-0.2, 0) is 4.74 Å². The normalized spacial score (nSPS) is 18.2. The van der Waals surface area contributed by atoms with Crippen molar-refractivity contribution in [1.29, 1.82) is 0 Å². The molecular formula is C23H56N2O. The van der Waals surface area contributed by atoms with Gasteiger partial charge in [0.2, 0.25) is 0 Å². The fourth-order valence-corrected chi connectivity index (χ4v) is 2.89. The Morgan fingerprint density at radius 3 is 1.35 bits per heavy atom. The van der Waals surface area contributed by atoms with Crippen molar-refractivity contribution in [3.8, 4) is 0 Å². The van der Waals surface area contributed by atoms with Gasteiger partial charge in [-0.2, -0.15) is 0 Å². The zero-order chi connectivity index (χ0) is 18.8. The Labute approximate surface area is 168 Å². The Hall–Kier alpha value is -0.120. The highest BCUT2D eigenvalue weighted by molar-refractivity contribution is 4.66. The highest BCUT2D eigenvalue weighted by Gasteiger charge is 2.11. The highest BCUT2D eigenvalue weighted by Crippen LogP contribution is 2.11. The fraction of sp³-hybridized carbons (Fsp3) is 1.00. The van der Waals surface area contributed by atoms with E-state index in [9.17, 15) is 0 Å². The van der Waals surface area contributed by atoms with E-state index in [1.165, 1.54) is 51.7 Å². The van der Waals surface area contributed by atoms with E-state index < -0.39 is 0 Å². The number of nitrogens with zero attached hydrogens (tertiary/aromatic N) is 2. The van der Waals surface area contributed by atoms with Crippen molar-refractivity contribution < 1.29 is 4.74 Å². The van der Waals surface area contributed by atoms with Gasteiger partial charge in [-0.05, 0) is 60.0 Å². The van der Waals surface area contributed by atoms with E-state index in [4.69, 9.17) is 4.74 Å².